The van der Waals surface area contributed by atoms with Crippen LogP contribution in [0, 0.1) is 11.3 Å². The van der Waals surface area contributed by atoms with Gasteiger partial charge < -0.3 is 15.7 Å². The molecule has 0 radical (unpaired) electrons. The third-order valence-corrected chi connectivity index (χ3v) is 3.43. The Morgan fingerprint density at radius 2 is 2.24 bits per heavy atom. The maximum Gasteiger partial charge on any atom is 0.220 e. The molecule has 1 saturated heterocycles. The first-order valence-electron chi connectivity index (χ1n) is 6.54. The average molecular weight is 242 g/mol. The van der Waals surface area contributed by atoms with Crippen LogP contribution in [-0.4, -0.2) is 36.8 Å². The second-order valence-electron chi connectivity index (χ2n) is 6.06. The SMILES string of the molecule is CC(C)(C)C(CCO)NC(=O)CC1CCNC1. The largest absolute Gasteiger partial charge is 0.396 e. The molecule has 1 amide bonds. The van der Waals surface area contributed by atoms with Crippen LogP contribution in [0.1, 0.15) is 40.0 Å². The monoisotopic (exact) mass is 242 g/mol. The summed E-state index contributed by atoms with van der Waals surface area (Å²) >= 11 is 0. The third-order valence-electron chi connectivity index (χ3n) is 3.43. The summed E-state index contributed by atoms with van der Waals surface area (Å²) in [4.78, 5) is 11.9. The van der Waals surface area contributed by atoms with Gasteiger partial charge in [-0.1, -0.05) is 20.8 Å². The molecule has 100 valence electrons. The molecule has 4 heteroatoms. The lowest BCUT2D eigenvalue weighted by Gasteiger charge is -2.31. The van der Waals surface area contributed by atoms with Crippen molar-refractivity contribution < 1.29 is 9.90 Å². The van der Waals surface area contributed by atoms with Crippen LogP contribution >= 0.6 is 0 Å². The van der Waals surface area contributed by atoms with Crippen LogP contribution in [0.3, 0.4) is 0 Å². The van der Waals surface area contributed by atoms with Crippen LogP contribution in [-0.2, 0) is 4.79 Å². The molecule has 1 aliphatic rings. The molecule has 0 spiro atoms. The lowest BCUT2D eigenvalue weighted by molar-refractivity contribution is -0.123. The van der Waals surface area contributed by atoms with Gasteiger partial charge in [-0.15, -0.1) is 0 Å². The lowest BCUT2D eigenvalue weighted by atomic mass is 9.84. The molecule has 0 aromatic carbocycles. The third kappa shape index (κ3) is 5.04. The van der Waals surface area contributed by atoms with E-state index in [-0.39, 0.29) is 24.0 Å². The number of aliphatic hydroxyl groups is 1. The first kappa shape index (κ1) is 14.5. The molecule has 0 bridgehead atoms. The van der Waals surface area contributed by atoms with Gasteiger partial charge in [-0.25, -0.2) is 0 Å². The van der Waals surface area contributed by atoms with Crippen LogP contribution in [0.4, 0.5) is 0 Å². The Hall–Kier alpha value is -0.610. The van der Waals surface area contributed by atoms with Crippen molar-refractivity contribution in [2.75, 3.05) is 19.7 Å². The van der Waals surface area contributed by atoms with Crippen molar-refractivity contribution in [1.29, 1.82) is 0 Å². The number of amides is 1. The fourth-order valence-corrected chi connectivity index (χ4v) is 2.25. The standard InChI is InChI=1S/C13H26N2O2/c1-13(2,3)11(5-7-16)15-12(17)8-10-4-6-14-9-10/h10-11,14,16H,4-9H2,1-3H3,(H,15,17). The van der Waals surface area contributed by atoms with Crippen LogP contribution in [0.2, 0.25) is 0 Å². The van der Waals surface area contributed by atoms with Crippen LogP contribution in [0.5, 0.6) is 0 Å². The first-order valence-corrected chi connectivity index (χ1v) is 6.54. The fraction of sp³-hybridized carbons (Fsp3) is 0.923. The van der Waals surface area contributed by atoms with Gasteiger partial charge in [0, 0.05) is 19.1 Å². The van der Waals surface area contributed by atoms with Gasteiger partial charge in [-0.2, -0.15) is 0 Å². The van der Waals surface area contributed by atoms with Gasteiger partial charge in [0.25, 0.3) is 0 Å². The maximum absolute atomic E-state index is 11.9. The van der Waals surface area contributed by atoms with Crippen molar-refractivity contribution in [2.24, 2.45) is 11.3 Å². The van der Waals surface area contributed by atoms with Crippen molar-refractivity contribution >= 4 is 5.91 Å². The Balaban J connectivity index is 2.40. The van der Waals surface area contributed by atoms with Gasteiger partial charge in [-0.05, 0) is 37.3 Å². The Morgan fingerprint density at radius 3 is 2.71 bits per heavy atom. The smallest absolute Gasteiger partial charge is 0.220 e. The Kier molecular flexibility index (Phi) is 5.40. The van der Waals surface area contributed by atoms with E-state index in [9.17, 15) is 4.79 Å². The summed E-state index contributed by atoms with van der Waals surface area (Å²) in [5.41, 5.74) is -0.00762. The van der Waals surface area contributed by atoms with Crippen molar-refractivity contribution in [3.05, 3.63) is 0 Å². The number of hydrogen-bond donors (Lipinski definition) is 3. The van der Waals surface area contributed by atoms with Gasteiger partial charge in [-0.3, -0.25) is 4.79 Å². The van der Waals surface area contributed by atoms with Crippen molar-refractivity contribution in [1.82, 2.24) is 10.6 Å². The lowest BCUT2D eigenvalue weighted by Crippen LogP contribution is -2.44. The molecule has 1 heterocycles. The Bertz CT molecular complexity index is 242. The normalized spacial score (nSPS) is 22.5. The van der Waals surface area contributed by atoms with E-state index in [4.69, 9.17) is 5.11 Å². The van der Waals surface area contributed by atoms with Gasteiger partial charge in [0.05, 0.1) is 0 Å². The number of aliphatic hydroxyl groups excluding tert-OH is 1. The van der Waals surface area contributed by atoms with E-state index in [2.05, 4.69) is 31.4 Å². The number of carbonyl (C=O) groups is 1. The van der Waals surface area contributed by atoms with E-state index in [0.717, 1.165) is 19.5 Å². The van der Waals surface area contributed by atoms with Gasteiger partial charge in [0.2, 0.25) is 5.91 Å². The van der Waals surface area contributed by atoms with E-state index >= 15 is 0 Å². The highest BCUT2D eigenvalue weighted by Crippen LogP contribution is 2.22. The second kappa shape index (κ2) is 6.36. The minimum atomic E-state index is -0.00762. The van der Waals surface area contributed by atoms with Crippen molar-refractivity contribution in [3.63, 3.8) is 0 Å². The molecule has 0 saturated carbocycles. The van der Waals surface area contributed by atoms with Crippen LogP contribution < -0.4 is 10.6 Å². The van der Waals surface area contributed by atoms with E-state index < -0.39 is 0 Å². The molecule has 4 nitrogen and oxygen atoms in total. The zero-order valence-electron chi connectivity index (χ0n) is 11.3. The highest BCUT2D eigenvalue weighted by molar-refractivity contribution is 5.76. The van der Waals surface area contributed by atoms with Gasteiger partial charge in [0.15, 0.2) is 0 Å². The first-order chi connectivity index (χ1) is 7.93. The Morgan fingerprint density at radius 1 is 1.53 bits per heavy atom. The summed E-state index contributed by atoms with van der Waals surface area (Å²) in [6, 6.07) is 0.0503. The maximum atomic E-state index is 11.9. The predicted molar refractivity (Wildman–Crippen MR) is 68.7 cm³/mol. The molecule has 1 aliphatic heterocycles. The highest BCUT2D eigenvalue weighted by atomic mass is 16.3. The molecular formula is C13H26N2O2. The van der Waals surface area contributed by atoms with E-state index in [0.29, 0.717) is 18.8 Å². The molecular weight excluding hydrogens is 216 g/mol. The molecule has 1 rings (SSSR count). The topological polar surface area (TPSA) is 61.4 Å². The van der Waals surface area contributed by atoms with Gasteiger partial charge >= 0.3 is 0 Å². The summed E-state index contributed by atoms with van der Waals surface area (Å²) in [6.07, 6.45) is 2.32. The number of carbonyl (C=O) groups excluding carboxylic acids is 1. The minimum absolute atomic E-state index is 0.00762. The number of hydrogen-bond acceptors (Lipinski definition) is 3. The van der Waals surface area contributed by atoms with Crippen LogP contribution in [0.25, 0.3) is 0 Å². The summed E-state index contributed by atoms with van der Waals surface area (Å²) in [5.74, 6) is 0.594. The predicted octanol–water partition coefficient (Wildman–Crippen LogP) is 0.899. The van der Waals surface area contributed by atoms with Crippen molar-refractivity contribution in [2.45, 2.75) is 46.1 Å². The molecule has 17 heavy (non-hydrogen) atoms. The van der Waals surface area contributed by atoms with E-state index in [1.807, 2.05) is 0 Å². The molecule has 0 aromatic heterocycles. The summed E-state index contributed by atoms with van der Waals surface area (Å²) in [7, 11) is 0. The summed E-state index contributed by atoms with van der Waals surface area (Å²) in [5, 5.41) is 15.4. The molecule has 0 aliphatic carbocycles. The number of nitrogens with one attached hydrogen (secondary N) is 2. The minimum Gasteiger partial charge on any atom is -0.396 e. The molecule has 2 unspecified atom stereocenters. The van der Waals surface area contributed by atoms with Crippen LogP contribution in [0.15, 0.2) is 0 Å². The average Bonchev–Trinajstić information content (AvgIpc) is 2.68. The zero-order chi connectivity index (χ0) is 12.9. The van der Waals surface area contributed by atoms with Crippen molar-refractivity contribution in [3.8, 4) is 0 Å². The quantitative estimate of drug-likeness (QED) is 0.671. The Labute approximate surface area is 104 Å². The second-order valence-corrected chi connectivity index (χ2v) is 6.06. The van der Waals surface area contributed by atoms with Gasteiger partial charge in [0.1, 0.15) is 0 Å². The summed E-state index contributed by atoms with van der Waals surface area (Å²) < 4.78 is 0. The molecule has 2 atom stereocenters. The van der Waals surface area contributed by atoms with E-state index in [1.165, 1.54) is 0 Å². The molecule has 0 aromatic rings. The number of rotatable bonds is 5. The molecule has 3 N–H and O–H groups in total. The van der Waals surface area contributed by atoms with E-state index in [1.54, 1.807) is 0 Å². The summed E-state index contributed by atoms with van der Waals surface area (Å²) in [6.45, 7) is 8.36. The zero-order valence-corrected chi connectivity index (χ0v) is 11.3. The highest BCUT2D eigenvalue weighted by Gasteiger charge is 2.27. The molecule has 1 fully saturated rings. The fourth-order valence-electron chi connectivity index (χ4n) is 2.25.